The lowest BCUT2D eigenvalue weighted by atomic mass is 10.00. The van der Waals surface area contributed by atoms with Crippen LogP contribution in [0.15, 0.2) is 36.4 Å². The number of carboxylic acid groups (broad SMARTS) is 1. The Labute approximate surface area is 204 Å². The Hall–Kier alpha value is -2.54. The van der Waals surface area contributed by atoms with Crippen LogP contribution in [0, 0.1) is 20.8 Å². The number of unbranched alkanes of at least 4 members (excludes halogenated alkanes) is 2. The number of carboxylic acids is 1. The molecule has 6 nitrogen and oxygen atoms in total. The van der Waals surface area contributed by atoms with Crippen LogP contribution >= 0.6 is 23.2 Å². The third-order valence-electron chi connectivity index (χ3n) is 5.53. The first kappa shape index (κ1) is 25.1. The van der Waals surface area contributed by atoms with Crippen LogP contribution in [-0.2, 0) is 9.53 Å². The zero-order valence-corrected chi connectivity index (χ0v) is 20.6. The molecular weight excluding hydrogens is 461 g/mol. The predicted octanol–water partition coefficient (Wildman–Crippen LogP) is 6.72. The zero-order valence-electron chi connectivity index (χ0n) is 19.1. The number of nitrogens with zero attached hydrogens (tertiary/aromatic N) is 2. The molecule has 8 heteroatoms. The number of aliphatic carboxylic acids is 1. The maximum Gasteiger partial charge on any atom is 0.329 e. The molecule has 0 saturated carbocycles. The van der Waals surface area contributed by atoms with Gasteiger partial charge in [0.25, 0.3) is 0 Å². The second-order valence-electron chi connectivity index (χ2n) is 8.07. The summed E-state index contributed by atoms with van der Waals surface area (Å²) in [5.41, 5.74) is 7.41. The highest BCUT2D eigenvalue weighted by Gasteiger charge is 2.16. The van der Waals surface area contributed by atoms with Gasteiger partial charge in [-0.3, -0.25) is 5.10 Å². The summed E-state index contributed by atoms with van der Waals surface area (Å²) in [6.45, 7) is 7.07. The van der Waals surface area contributed by atoms with Gasteiger partial charge < -0.3 is 14.7 Å². The third kappa shape index (κ3) is 6.50. The number of H-pyrrole nitrogens is 1. The number of carbonyl (C=O) groups is 1. The molecule has 0 bridgehead atoms. The molecule has 0 aliphatic heterocycles. The van der Waals surface area contributed by atoms with Crippen molar-refractivity contribution in [3.05, 3.63) is 63.4 Å². The van der Waals surface area contributed by atoms with Crippen LogP contribution in [0.3, 0.4) is 0 Å². The summed E-state index contributed by atoms with van der Waals surface area (Å²) in [6.07, 6.45) is 2.62. The van der Waals surface area contributed by atoms with Gasteiger partial charge in [0.05, 0.1) is 15.7 Å². The number of ether oxygens (including phenoxy) is 1. The molecule has 0 spiro atoms. The molecule has 0 unspecified atom stereocenters. The number of anilines is 2. The second-order valence-corrected chi connectivity index (χ2v) is 8.88. The first-order valence-corrected chi connectivity index (χ1v) is 11.7. The van der Waals surface area contributed by atoms with E-state index in [2.05, 4.69) is 40.2 Å². The van der Waals surface area contributed by atoms with Gasteiger partial charge in [-0.15, -0.1) is 0 Å². The quantitative estimate of drug-likeness (QED) is 0.292. The maximum absolute atomic E-state index is 10.6. The Morgan fingerprint density at radius 1 is 1.06 bits per heavy atom. The average molecular weight is 490 g/mol. The second kappa shape index (κ2) is 11.5. The number of rotatable bonds is 11. The van der Waals surface area contributed by atoms with E-state index >= 15 is 0 Å². The summed E-state index contributed by atoms with van der Waals surface area (Å²) >= 11 is 12.5. The molecule has 2 aromatic carbocycles. The molecule has 0 saturated heterocycles. The van der Waals surface area contributed by atoms with Crippen LogP contribution in [0.4, 0.5) is 11.4 Å². The van der Waals surface area contributed by atoms with E-state index in [4.69, 9.17) is 33.0 Å². The van der Waals surface area contributed by atoms with E-state index in [-0.39, 0.29) is 6.61 Å². The molecule has 0 aliphatic rings. The number of aromatic nitrogens is 2. The molecule has 0 aliphatic carbocycles. The molecule has 1 heterocycles. The number of nitrogens with one attached hydrogen (secondary N) is 1. The van der Waals surface area contributed by atoms with Gasteiger partial charge in [0.1, 0.15) is 6.61 Å². The fourth-order valence-corrected chi connectivity index (χ4v) is 4.18. The van der Waals surface area contributed by atoms with E-state index in [1.54, 1.807) is 0 Å². The van der Waals surface area contributed by atoms with E-state index in [0.29, 0.717) is 16.7 Å². The monoisotopic (exact) mass is 489 g/mol. The van der Waals surface area contributed by atoms with Crippen LogP contribution in [0.2, 0.25) is 10.0 Å². The third-order valence-corrected chi connectivity index (χ3v) is 6.27. The smallest absolute Gasteiger partial charge is 0.329 e. The number of hydrogen-bond donors (Lipinski definition) is 2. The molecule has 3 rings (SSSR count). The number of aryl methyl sites for hydroxylation is 3. The predicted molar refractivity (Wildman–Crippen MR) is 134 cm³/mol. The van der Waals surface area contributed by atoms with E-state index < -0.39 is 5.97 Å². The molecule has 1 aromatic heterocycles. The first-order valence-electron chi connectivity index (χ1n) is 10.9. The highest BCUT2D eigenvalue weighted by atomic mass is 35.5. The molecule has 0 radical (unpaired) electrons. The fraction of sp³-hybridized carbons (Fsp3) is 0.360. The van der Waals surface area contributed by atoms with Crippen molar-refractivity contribution in [2.24, 2.45) is 0 Å². The lowest BCUT2D eigenvalue weighted by Gasteiger charge is -2.28. The zero-order chi connectivity index (χ0) is 24.0. The normalized spacial score (nSPS) is 11.1. The topological polar surface area (TPSA) is 78.5 Å². The number of hydrogen-bond acceptors (Lipinski definition) is 4. The minimum absolute atomic E-state index is 0.256. The summed E-state index contributed by atoms with van der Waals surface area (Å²) in [4.78, 5) is 12.8. The van der Waals surface area contributed by atoms with Gasteiger partial charge in [0.15, 0.2) is 0 Å². The van der Waals surface area contributed by atoms with Gasteiger partial charge in [-0.2, -0.15) is 5.10 Å². The molecule has 176 valence electrons. The van der Waals surface area contributed by atoms with E-state index in [1.807, 2.05) is 32.0 Å². The largest absolute Gasteiger partial charge is 0.480 e. The number of aromatic amines is 1. The molecular formula is C25H29Cl2N3O3. The maximum atomic E-state index is 10.6. The van der Waals surface area contributed by atoms with Crippen molar-refractivity contribution in [3.63, 3.8) is 0 Å². The molecule has 0 fully saturated rings. The lowest BCUT2D eigenvalue weighted by molar-refractivity contribution is -0.142. The van der Waals surface area contributed by atoms with Gasteiger partial charge >= 0.3 is 5.97 Å². The van der Waals surface area contributed by atoms with Crippen molar-refractivity contribution in [2.45, 2.75) is 40.0 Å². The number of benzene rings is 2. The molecule has 2 N–H and O–H groups in total. The highest BCUT2D eigenvalue weighted by Crippen LogP contribution is 2.36. The summed E-state index contributed by atoms with van der Waals surface area (Å²) in [5.74, 6) is -0.945. The van der Waals surface area contributed by atoms with Crippen molar-refractivity contribution in [1.82, 2.24) is 10.2 Å². The summed E-state index contributed by atoms with van der Waals surface area (Å²) in [7, 11) is 0. The van der Waals surface area contributed by atoms with E-state index in [1.165, 1.54) is 0 Å². The molecule has 33 heavy (non-hydrogen) atoms. The Kier molecular flexibility index (Phi) is 8.78. The van der Waals surface area contributed by atoms with Gasteiger partial charge in [-0.1, -0.05) is 35.3 Å². The van der Waals surface area contributed by atoms with Gasteiger partial charge in [0, 0.05) is 35.8 Å². The van der Waals surface area contributed by atoms with Crippen LogP contribution < -0.4 is 4.90 Å². The van der Waals surface area contributed by atoms with Crippen LogP contribution in [0.5, 0.6) is 0 Å². The Morgan fingerprint density at radius 3 is 2.52 bits per heavy atom. The Balaban J connectivity index is 1.85. The Morgan fingerprint density at radius 2 is 1.85 bits per heavy atom. The molecule has 3 aromatic rings. The fourth-order valence-electron chi connectivity index (χ4n) is 3.88. The minimum atomic E-state index is -0.945. The summed E-state index contributed by atoms with van der Waals surface area (Å²) < 4.78 is 5.14. The summed E-state index contributed by atoms with van der Waals surface area (Å²) in [5, 5.41) is 17.1. The number of halogens is 2. The lowest BCUT2D eigenvalue weighted by Crippen LogP contribution is -2.20. The van der Waals surface area contributed by atoms with Gasteiger partial charge in [0.2, 0.25) is 0 Å². The van der Waals surface area contributed by atoms with Crippen molar-refractivity contribution in [3.8, 4) is 11.1 Å². The van der Waals surface area contributed by atoms with Crippen LogP contribution in [-0.4, -0.2) is 41.0 Å². The van der Waals surface area contributed by atoms with Gasteiger partial charge in [-0.25, -0.2) is 4.79 Å². The molecule has 0 atom stereocenters. The highest BCUT2D eigenvalue weighted by molar-refractivity contribution is 6.42. The SMILES string of the molecule is Cc1ccc(-c2c(C)n[nH]c2C)cc1N(CCCCCOCC(=O)O)c1ccc(Cl)c(Cl)c1. The van der Waals surface area contributed by atoms with Crippen molar-refractivity contribution < 1.29 is 14.6 Å². The van der Waals surface area contributed by atoms with Crippen molar-refractivity contribution in [2.75, 3.05) is 24.7 Å². The van der Waals surface area contributed by atoms with Crippen molar-refractivity contribution >= 4 is 40.5 Å². The summed E-state index contributed by atoms with van der Waals surface area (Å²) in [6, 6.07) is 12.1. The van der Waals surface area contributed by atoms with E-state index in [9.17, 15) is 4.79 Å². The van der Waals surface area contributed by atoms with Crippen LogP contribution in [0.25, 0.3) is 11.1 Å². The van der Waals surface area contributed by atoms with Crippen molar-refractivity contribution in [1.29, 1.82) is 0 Å². The standard InChI is InChI=1S/C25H29Cl2N3O3/c1-16-7-8-19(25-17(2)28-29-18(25)3)13-23(16)30(20-9-10-21(26)22(27)14-20)11-5-4-6-12-33-15-24(31)32/h7-10,13-14H,4-6,11-12,15H2,1-3H3,(H,28,29)(H,31,32). The van der Waals surface area contributed by atoms with E-state index in [0.717, 1.165) is 65.3 Å². The Bertz CT molecular complexity index is 1090. The minimum Gasteiger partial charge on any atom is -0.480 e. The van der Waals surface area contributed by atoms with Crippen LogP contribution in [0.1, 0.15) is 36.2 Å². The average Bonchev–Trinajstić information content (AvgIpc) is 3.11. The first-order chi connectivity index (χ1) is 15.8. The molecule has 0 amide bonds. The van der Waals surface area contributed by atoms with Gasteiger partial charge in [-0.05, 0) is 75.4 Å².